The molecule has 23 heavy (non-hydrogen) atoms. The number of hydrogen-bond donors (Lipinski definition) is 1. The van der Waals surface area contributed by atoms with Crippen LogP contribution in [-0.4, -0.2) is 17.0 Å². The van der Waals surface area contributed by atoms with Crippen molar-refractivity contribution in [1.29, 1.82) is 0 Å². The van der Waals surface area contributed by atoms with E-state index in [1.54, 1.807) is 0 Å². The van der Waals surface area contributed by atoms with Crippen LogP contribution < -0.4 is 5.32 Å². The number of aryl methyl sites for hydroxylation is 2. The highest BCUT2D eigenvalue weighted by molar-refractivity contribution is 6.01. The van der Waals surface area contributed by atoms with Crippen molar-refractivity contribution in [2.24, 2.45) is 0 Å². The summed E-state index contributed by atoms with van der Waals surface area (Å²) in [7, 11) is 0. The van der Waals surface area contributed by atoms with Crippen LogP contribution in [0.1, 0.15) is 55.1 Å². The van der Waals surface area contributed by atoms with Gasteiger partial charge in [0.05, 0.1) is 0 Å². The van der Waals surface area contributed by atoms with Gasteiger partial charge in [-0.25, -0.2) is 0 Å². The van der Waals surface area contributed by atoms with Gasteiger partial charge in [0, 0.05) is 24.0 Å². The number of fused-ring (bicyclic) bond motifs is 1. The molecule has 3 rings (SSSR count). The van der Waals surface area contributed by atoms with E-state index in [9.17, 15) is 4.79 Å². The van der Waals surface area contributed by atoms with Crippen LogP contribution in [0.2, 0.25) is 0 Å². The SMILES string of the molecule is CCn1c(C(=O)NCCC2=CCCCC2)c(C)c2ccccc21. The topological polar surface area (TPSA) is 34.0 Å². The minimum atomic E-state index is 0.0527. The molecule has 1 aliphatic rings. The molecule has 0 unspecified atom stereocenters. The van der Waals surface area contributed by atoms with Gasteiger partial charge in [-0.1, -0.05) is 29.8 Å². The molecule has 0 spiro atoms. The van der Waals surface area contributed by atoms with Crippen LogP contribution in [0.3, 0.4) is 0 Å². The van der Waals surface area contributed by atoms with Crippen LogP contribution in [0.15, 0.2) is 35.9 Å². The molecule has 0 bridgehead atoms. The molecule has 0 radical (unpaired) electrons. The maximum absolute atomic E-state index is 12.7. The van der Waals surface area contributed by atoms with E-state index >= 15 is 0 Å². The van der Waals surface area contributed by atoms with Gasteiger partial charge < -0.3 is 9.88 Å². The van der Waals surface area contributed by atoms with Crippen LogP contribution >= 0.6 is 0 Å². The van der Waals surface area contributed by atoms with Gasteiger partial charge in [0.1, 0.15) is 5.69 Å². The molecule has 1 N–H and O–H groups in total. The lowest BCUT2D eigenvalue weighted by Crippen LogP contribution is -2.27. The summed E-state index contributed by atoms with van der Waals surface area (Å²) in [4.78, 5) is 12.7. The van der Waals surface area contributed by atoms with Crippen molar-refractivity contribution >= 4 is 16.8 Å². The summed E-state index contributed by atoms with van der Waals surface area (Å²) in [5.41, 5.74) is 4.54. The highest BCUT2D eigenvalue weighted by Crippen LogP contribution is 2.25. The Morgan fingerprint density at radius 2 is 2.09 bits per heavy atom. The summed E-state index contributed by atoms with van der Waals surface area (Å²) in [5.74, 6) is 0.0527. The standard InChI is InChI=1S/C20H26N2O/c1-3-22-18-12-8-7-11-17(18)15(2)19(22)20(23)21-14-13-16-9-5-4-6-10-16/h7-9,11-12H,3-6,10,13-14H2,1-2H3,(H,21,23). The molecular formula is C20H26N2O. The van der Waals surface area contributed by atoms with Crippen molar-refractivity contribution in [2.45, 2.75) is 52.5 Å². The van der Waals surface area contributed by atoms with Crippen LogP contribution in [0.4, 0.5) is 0 Å². The fraction of sp³-hybridized carbons (Fsp3) is 0.450. The zero-order valence-corrected chi connectivity index (χ0v) is 14.2. The van der Waals surface area contributed by atoms with Gasteiger partial charge in [-0.15, -0.1) is 0 Å². The largest absolute Gasteiger partial charge is 0.350 e. The predicted molar refractivity (Wildman–Crippen MR) is 95.9 cm³/mol. The first kappa shape index (κ1) is 15.9. The van der Waals surface area contributed by atoms with Crippen LogP contribution in [0.5, 0.6) is 0 Å². The van der Waals surface area contributed by atoms with Gasteiger partial charge in [0.25, 0.3) is 5.91 Å². The lowest BCUT2D eigenvalue weighted by atomic mass is 9.97. The number of nitrogens with zero attached hydrogens (tertiary/aromatic N) is 1. The molecule has 0 saturated carbocycles. The molecule has 0 aliphatic heterocycles. The summed E-state index contributed by atoms with van der Waals surface area (Å²) in [6.07, 6.45) is 8.34. The van der Waals surface area contributed by atoms with Crippen molar-refractivity contribution in [1.82, 2.24) is 9.88 Å². The van der Waals surface area contributed by atoms with Gasteiger partial charge in [-0.3, -0.25) is 4.79 Å². The number of aromatic nitrogens is 1. The lowest BCUT2D eigenvalue weighted by Gasteiger charge is -2.14. The second-order valence-corrected chi connectivity index (χ2v) is 6.35. The molecule has 0 saturated heterocycles. The van der Waals surface area contributed by atoms with E-state index in [1.807, 2.05) is 19.1 Å². The highest BCUT2D eigenvalue weighted by Gasteiger charge is 2.18. The Morgan fingerprint density at radius 3 is 2.83 bits per heavy atom. The Kier molecular flexibility index (Phi) is 4.85. The molecular weight excluding hydrogens is 284 g/mol. The van der Waals surface area contributed by atoms with Crippen LogP contribution in [0, 0.1) is 6.92 Å². The summed E-state index contributed by atoms with van der Waals surface area (Å²) < 4.78 is 2.12. The Morgan fingerprint density at radius 1 is 1.26 bits per heavy atom. The van der Waals surface area contributed by atoms with Crippen molar-refractivity contribution < 1.29 is 4.79 Å². The van der Waals surface area contributed by atoms with E-state index < -0.39 is 0 Å². The molecule has 1 aliphatic carbocycles. The normalized spacial score (nSPS) is 14.8. The van der Waals surface area contributed by atoms with Crippen molar-refractivity contribution in [3.63, 3.8) is 0 Å². The van der Waals surface area contributed by atoms with Crippen molar-refractivity contribution in [3.05, 3.63) is 47.2 Å². The quantitative estimate of drug-likeness (QED) is 0.805. The molecule has 0 fully saturated rings. The average Bonchev–Trinajstić information content (AvgIpc) is 2.88. The number of amides is 1. The highest BCUT2D eigenvalue weighted by atomic mass is 16.1. The van der Waals surface area contributed by atoms with Crippen molar-refractivity contribution in [2.75, 3.05) is 6.54 Å². The number of allylic oxidation sites excluding steroid dienone is 1. The Hall–Kier alpha value is -2.03. The van der Waals surface area contributed by atoms with E-state index in [4.69, 9.17) is 0 Å². The van der Waals surface area contributed by atoms with E-state index in [1.165, 1.54) is 36.6 Å². The Bertz CT molecular complexity index is 739. The van der Waals surface area contributed by atoms with Crippen LogP contribution in [0.25, 0.3) is 10.9 Å². The van der Waals surface area contributed by atoms with Gasteiger partial charge in [-0.05, 0) is 57.6 Å². The number of carbonyl (C=O) groups excluding carboxylic acids is 1. The second kappa shape index (κ2) is 7.03. The third-order valence-electron chi connectivity index (χ3n) is 4.87. The molecule has 3 nitrogen and oxygen atoms in total. The second-order valence-electron chi connectivity index (χ2n) is 6.35. The number of carbonyl (C=O) groups is 1. The number of para-hydroxylation sites is 1. The average molecular weight is 310 g/mol. The van der Waals surface area contributed by atoms with E-state index in [-0.39, 0.29) is 5.91 Å². The summed E-state index contributed by atoms with van der Waals surface area (Å²) >= 11 is 0. The Balaban J connectivity index is 1.75. The summed E-state index contributed by atoms with van der Waals surface area (Å²) in [6.45, 7) is 5.68. The number of hydrogen-bond acceptors (Lipinski definition) is 1. The first-order chi connectivity index (χ1) is 11.2. The fourth-order valence-electron chi connectivity index (χ4n) is 3.65. The maximum atomic E-state index is 12.7. The minimum absolute atomic E-state index is 0.0527. The van der Waals surface area contributed by atoms with Gasteiger partial charge in [-0.2, -0.15) is 0 Å². The molecule has 1 aromatic carbocycles. The van der Waals surface area contributed by atoms with Gasteiger partial charge >= 0.3 is 0 Å². The van der Waals surface area contributed by atoms with Crippen LogP contribution in [-0.2, 0) is 6.54 Å². The third kappa shape index (κ3) is 3.19. The fourth-order valence-corrected chi connectivity index (χ4v) is 3.65. The first-order valence-electron chi connectivity index (χ1n) is 8.76. The predicted octanol–water partition coefficient (Wildman–Crippen LogP) is 4.59. The molecule has 1 amide bonds. The molecule has 3 heteroatoms. The smallest absolute Gasteiger partial charge is 0.268 e. The number of benzene rings is 1. The first-order valence-corrected chi connectivity index (χ1v) is 8.76. The molecule has 1 heterocycles. The molecule has 2 aromatic rings. The third-order valence-corrected chi connectivity index (χ3v) is 4.87. The lowest BCUT2D eigenvalue weighted by molar-refractivity contribution is 0.0944. The maximum Gasteiger partial charge on any atom is 0.268 e. The van der Waals surface area contributed by atoms with E-state index in [2.05, 4.69) is 35.0 Å². The monoisotopic (exact) mass is 310 g/mol. The molecule has 0 atom stereocenters. The van der Waals surface area contributed by atoms with Crippen molar-refractivity contribution in [3.8, 4) is 0 Å². The van der Waals surface area contributed by atoms with Gasteiger partial charge in [0.15, 0.2) is 0 Å². The summed E-state index contributed by atoms with van der Waals surface area (Å²) in [6, 6.07) is 8.26. The summed E-state index contributed by atoms with van der Waals surface area (Å²) in [5, 5.41) is 4.30. The van der Waals surface area contributed by atoms with E-state index in [0.29, 0.717) is 0 Å². The van der Waals surface area contributed by atoms with E-state index in [0.717, 1.165) is 36.3 Å². The number of nitrogens with one attached hydrogen (secondary N) is 1. The Labute approximate surface area is 138 Å². The zero-order chi connectivity index (χ0) is 16.2. The van der Waals surface area contributed by atoms with Gasteiger partial charge in [0.2, 0.25) is 0 Å². The molecule has 122 valence electrons. The molecule has 1 aromatic heterocycles. The minimum Gasteiger partial charge on any atom is -0.350 e. The zero-order valence-electron chi connectivity index (χ0n) is 14.2. The number of rotatable bonds is 5.